The molecule has 0 aromatic rings. The summed E-state index contributed by atoms with van der Waals surface area (Å²) in [6, 6.07) is -0.335. The topological polar surface area (TPSA) is 70.6 Å². The van der Waals surface area contributed by atoms with Gasteiger partial charge in [0.2, 0.25) is 5.91 Å². The Morgan fingerprint density at radius 3 is 2.33 bits per heavy atom. The van der Waals surface area contributed by atoms with E-state index in [0.717, 1.165) is 0 Å². The Morgan fingerprint density at radius 1 is 1.33 bits per heavy atom. The molecule has 0 fully saturated rings. The Balaban J connectivity index is 4.09. The van der Waals surface area contributed by atoms with E-state index in [0.29, 0.717) is 19.6 Å². The summed E-state index contributed by atoms with van der Waals surface area (Å²) in [5.41, 5.74) is -1.11. The summed E-state index contributed by atoms with van der Waals surface area (Å²) in [6.07, 6.45) is 0.532. The largest absolute Gasteiger partial charge is 0.389 e. The van der Waals surface area contributed by atoms with Gasteiger partial charge in [0.05, 0.1) is 11.6 Å². The molecule has 5 nitrogen and oxygen atoms in total. The third kappa shape index (κ3) is 8.44. The molecule has 1 amide bonds. The predicted octanol–water partition coefficient (Wildman–Crippen LogP) is 0.667. The lowest BCUT2D eigenvalue weighted by Crippen LogP contribution is -2.52. The van der Waals surface area contributed by atoms with Crippen molar-refractivity contribution >= 4 is 5.91 Å². The number of carbonyl (C=O) groups is 1. The van der Waals surface area contributed by atoms with Gasteiger partial charge < -0.3 is 20.5 Å². The van der Waals surface area contributed by atoms with Crippen molar-refractivity contribution in [1.82, 2.24) is 10.6 Å². The SMILES string of the molecule is COCCC(C)(O)CNC(C)C(=O)NC(C)(C)C. The first-order valence-corrected chi connectivity index (χ1v) is 6.34. The second-order valence-electron chi connectivity index (χ2n) is 6.08. The van der Waals surface area contributed by atoms with Gasteiger partial charge >= 0.3 is 0 Å². The molecule has 0 saturated carbocycles. The summed E-state index contributed by atoms with van der Waals surface area (Å²) >= 11 is 0. The molecular formula is C13H28N2O3. The van der Waals surface area contributed by atoms with Crippen LogP contribution in [0.25, 0.3) is 0 Å². The third-order valence-corrected chi connectivity index (χ3v) is 2.53. The second-order valence-corrected chi connectivity index (χ2v) is 6.08. The lowest BCUT2D eigenvalue weighted by molar-refractivity contribution is -0.124. The molecule has 0 saturated heterocycles. The van der Waals surface area contributed by atoms with Crippen LogP contribution in [0.2, 0.25) is 0 Å². The lowest BCUT2D eigenvalue weighted by atomic mass is 10.0. The van der Waals surface area contributed by atoms with Crippen molar-refractivity contribution in [2.24, 2.45) is 0 Å². The summed E-state index contributed by atoms with van der Waals surface area (Å²) < 4.78 is 4.93. The zero-order valence-electron chi connectivity index (χ0n) is 12.5. The minimum atomic E-state index is -0.869. The molecule has 0 radical (unpaired) electrons. The molecule has 0 bridgehead atoms. The van der Waals surface area contributed by atoms with E-state index in [4.69, 9.17) is 4.74 Å². The molecule has 0 spiro atoms. The van der Waals surface area contributed by atoms with Gasteiger partial charge in [0.1, 0.15) is 0 Å². The van der Waals surface area contributed by atoms with Crippen LogP contribution in [0.4, 0.5) is 0 Å². The van der Waals surface area contributed by atoms with E-state index in [9.17, 15) is 9.90 Å². The Hall–Kier alpha value is -0.650. The van der Waals surface area contributed by atoms with Crippen molar-refractivity contribution in [2.75, 3.05) is 20.3 Å². The van der Waals surface area contributed by atoms with Crippen LogP contribution in [0.3, 0.4) is 0 Å². The van der Waals surface area contributed by atoms with Gasteiger partial charge in [-0.2, -0.15) is 0 Å². The van der Waals surface area contributed by atoms with Gasteiger partial charge in [0.25, 0.3) is 0 Å². The fourth-order valence-corrected chi connectivity index (χ4v) is 1.35. The van der Waals surface area contributed by atoms with Gasteiger partial charge in [-0.15, -0.1) is 0 Å². The zero-order chi connectivity index (χ0) is 14.4. The molecular weight excluding hydrogens is 232 g/mol. The first-order valence-electron chi connectivity index (χ1n) is 6.34. The van der Waals surface area contributed by atoms with Crippen molar-refractivity contribution in [1.29, 1.82) is 0 Å². The normalized spacial score (nSPS) is 17.1. The zero-order valence-corrected chi connectivity index (χ0v) is 12.5. The number of amides is 1. The average Bonchev–Trinajstić information content (AvgIpc) is 2.21. The van der Waals surface area contributed by atoms with Crippen molar-refractivity contribution in [3.05, 3.63) is 0 Å². The molecule has 0 heterocycles. The van der Waals surface area contributed by atoms with E-state index in [1.807, 2.05) is 20.8 Å². The van der Waals surface area contributed by atoms with Gasteiger partial charge in [-0.1, -0.05) is 0 Å². The van der Waals surface area contributed by atoms with Crippen LogP contribution >= 0.6 is 0 Å². The first kappa shape index (κ1) is 17.4. The van der Waals surface area contributed by atoms with Crippen molar-refractivity contribution < 1.29 is 14.6 Å². The number of aliphatic hydroxyl groups is 1. The molecule has 0 aliphatic heterocycles. The molecule has 18 heavy (non-hydrogen) atoms. The summed E-state index contributed by atoms with van der Waals surface area (Å²) in [5, 5.41) is 16.0. The maximum atomic E-state index is 11.8. The highest BCUT2D eigenvalue weighted by Gasteiger charge is 2.24. The maximum Gasteiger partial charge on any atom is 0.237 e. The number of nitrogens with one attached hydrogen (secondary N) is 2. The Kier molecular flexibility index (Phi) is 6.81. The van der Waals surface area contributed by atoms with Crippen LogP contribution in [0.1, 0.15) is 41.0 Å². The van der Waals surface area contributed by atoms with E-state index < -0.39 is 5.60 Å². The van der Waals surface area contributed by atoms with Gasteiger partial charge in [-0.25, -0.2) is 0 Å². The Bertz CT molecular complexity index is 259. The predicted molar refractivity (Wildman–Crippen MR) is 72.5 cm³/mol. The Morgan fingerprint density at radius 2 is 1.89 bits per heavy atom. The molecule has 0 aromatic carbocycles. The molecule has 2 unspecified atom stereocenters. The first-order chi connectivity index (χ1) is 8.07. The fourth-order valence-electron chi connectivity index (χ4n) is 1.35. The standard InChI is InChI=1S/C13H28N2O3/c1-10(11(16)15-12(2,3)4)14-9-13(5,17)7-8-18-6/h10,14,17H,7-9H2,1-6H3,(H,15,16). The number of hydrogen-bond acceptors (Lipinski definition) is 4. The van der Waals surface area contributed by atoms with Gasteiger partial charge in [0.15, 0.2) is 0 Å². The van der Waals surface area contributed by atoms with Gasteiger partial charge in [-0.3, -0.25) is 4.79 Å². The molecule has 3 N–H and O–H groups in total. The molecule has 5 heteroatoms. The van der Waals surface area contributed by atoms with E-state index in [2.05, 4.69) is 10.6 Å². The van der Waals surface area contributed by atoms with E-state index in [1.165, 1.54) is 0 Å². The molecule has 0 aliphatic rings. The minimum absolute atomic E-state index is 0.0648. The number of carbonyl (C=O) groups excluding carboxylic acids is 1. The number of hydrogen-bond donors (Lipinski definition) is 3. The highest BCUT2D eigenvalue weighted by atomic mass is 16.5. The van der Waals surface area contributed by atoms with Crippen LogP contribution in [-0.4, -0.2) is 48.5 Å². The minimum Gasteiger partial charge on any atom is -0.389 e. The van der Waals surface area contributed by atoms with E-state index in [-0.39, 0.29) is 17.5 Å². The highest BCUT2D eigenvalue weighted by molar-refractivity contribution is 5.81. The summed E-state index contributed by atoms with van der Waals surface area (Å²) in [5.74, 6) is -0.0648. The smallest absolute Gasteiger partial charge is 0.237 e. The molecule has 108 valence electrons. The monoisotopic (exact) mass is 260 g/mol. The van der Waals surface area contributed by atoms with Crippen molar-refractivity contribution in [3.63, 3.8) is 0 Å². The highest BCUT2D eigenvalue weighted by Crippen LogP contribution is 2.08. The second kappa shape index (κ2) is 7.07. The van der Waals surface area contributed by atoms with Crippen LogP contribution < -0.4 is 10.6 Å². The van der Waals surface area contributed by atoms with Crippen molar-refractivity contribution in [2.45, 2.75) is 58.2 Å². The van der Waals surface area contributed by atoms with Crippen molar-refractivity contribution in [3.8, 4) is 0 Å². The molecule has 0 rings (SSSR count). The number of ether oxygens (including phenoxy) is 1. The van der Waals surface area contributed by atoms with Crippen LogP contribution in [0, 0.1) is 0 Å². The Labute approximate surface area is 110 Å². The van der Waals surface area contributed by atoms with Gasteiger partial charge in [-0.05, 0) is 34.6 Å². The van der Waals surface area contributed by atoms with Gasteiger partial charge in [0, 0.05) is 32.2 Å². The van der Waals surface area contributed by atoms with Crippen LogP contribution in [0.15, 0.2) is 0 Å². The van der Waals surface area contributed by atoms with E-state index >= 15 is 0 Å². The summed E-state index contributed by atoms with van der Waals surface area (Å²) in [4.78, 5) is 11.8. The number of rotatable bonds is 7. The summed E-state index contributed by atoms with van der Waals surface area (Å²) in [7, 11) is 1.60. The maximum absolute atomic E-state index is 11.8. The third-order valence-electron chi connectivity index (χ3n) is 2.53. The quantitative estimate of drug-likeness (QED) is 0.629. The number of methoxy groups -OCH3 is 1. The van der Waals surface area contributed by atoms with Crippen LogP contribution in [0.5, 0.6) is 0 Å². The lowest BCUT2D eigenvalue weighted by Gasteiger charge is -2.27. The molecule has 0 aromatic heterocycles. The summed E-state index contributed by atoms with van der Waals surface area (Å²) in [6.45, 7) is 10.2. The average molecular weight is 260 g/mol. The molecule has 2 atom stereocenters. The fraction of sp³-hybridized carbons (Fsp3) is 0.923. The van der Waals surface area contributed by atoms with E-state index in [1.54, 1.807) is 21.0 Å². The van der Waals surface area contributed by atoms with Crippen LogP contribution in [-0.2, 0) is 9.53 Å². The molecule has 0 aliphatic carbocycles.